The maximum absolute atomic E-state index is 12.1. The summed E-state index contributed by atoms with van der Waals surface area (Å²) in [6.45, 7) is 2.74. The number of amides is 1. The Hall–Kier alpha value is -0.710. The highest BCUT2D eigenvalue weighted by Gasteiger charge is 2.41. The Labute approximate surface area is 112 Å². The van der Waals surface area contributed by atoms with Crippen LogP contribution in [0, 0.1) is 23.7 Å². The minimum absolute atomic E-state index is 0.0522. The van der Waals surface area contributed by atoms with Crippen molar-refractivity contribution in [3.8, 4) is 0 Å². The van der Waals surface area contributed by atoms with Gasteiger partial charge < -0.3 is 10.4 Å². The van der Waals surface area contributed by atoms with E-state index in [1.165, 1.54) is 5.75 Å². The second-order valence-electron chi connectivity index (χ2n) is 5.60. The lowest BCUT2D eigenvalue weighted by Gasteiger charge is -2.17. The summed E-state index contributed by atoms with van der Waals surface area (Å²) in [6, 6.07) is 0. The Morgan fingerprint density at radius 2 is 2.06 bits per heavy atom. The Morgan fingerprint density at radius 1 is 1.33 bits per heavy atom. The van der Waals surface area contributed by atoms with Gasteiger partial charge in [-0.1, -0.05) is 6.92 Å². The zero-order chi connectivity index (χ0) is 13.1. The molecule has 4 atom stereocenters. The summed E-state index contributed by atoms with van der Waals surface area (Å²) in [7, 11) is 0. The molecular weight excluding hydrogens is 250 g/mol. The molecule has 0 aromatic heterocycles. The molecule has 0 radical (unpaired) electrons. The lowest BCUT2D eigenvalue weighted by Crippen LogP contribution is -2.37. The molecule has 1 aliphatic heterocycles. The molecule has 2 aliphatic rings. The number of carboxylic acids is 1. The maximum atomic E-state index is 12.1. The van der Waals surface area contributed by atoms with Gasteiger partial charge in [-0.05, 0) is 42.6 Å². The largest absolute Gasteiger partial charge is 0.481 e. The summed E-state index contributed by atoms with van der Waals surface area (Å²) < 4.78 is 0. The van der Waals surface area contributed by atoms with E-state index in [2.05, 4.69) is 5.32 Å². The SMILES string of the molecule is CC1C[C@H](C(=O)NCC2CCSC2)[C@H](C(=O)O)C1. The van der Waals surface area contributed by atoms with Gasteiger partial charge in [0.15, 0.2) is 0 Å². The normalized spacial score (nSPS) is 35.6. The van der Waals surface area contributed by atoms with Crippen LogP contribution in [0.25, 0.3) is 0 Å². The number of carbonyl (C=O) groups is 2. The number of nitrogens with one attached hydrogen (secondary N) is 1. The van der Waals surface area contributed by atoms with Crippen molar-refractivity contribution in [2.45, 2.75) is 26.2 Å². The first-order valence-corrected chi connectivity index (χ1v) is 7.81. The monoisotopic (exact) mass is 271 g/mol. The molecule has 2 N–H and O–H groups in total. The molecule has 0 aromatic carbocycles. The van der Waals surface area contributed by atoms with Gasteiger partial charge in [-0.2, -0.15) is 11.8 Å². The van der Waals surface area contributed by atoms with E-state index in [1.807, 2.05) is 18.7 Å². The third kappa shape index (κ3) is 3.19. The first kappa shape index (κ1) is 13.7. The maximum Gasteiger partial charge on any atom is 0.307 e. The van der Waals surface area contributed by atoms with Crippen molar-refractivity contribution in [1.82, 2.24) is 5.32 Å². The van der Waals surface area contributed by atoms with E-state index >= 15 is 0 Å². The van der Waals surface area contributed by atoms with Crippen molar-refractivity contribution >= 4 is 23.6 Å². The molecule has 1 heterocycles. The van der Waals surface area contributed by atoms with Crippen LogP contribution in [0.15, 0.2) is 0 Å². The van der Waals surface area contributed by atoms with E-state index in [4.69, 9.17) is 5.11 Å². The van der Waals surface area contributed by atoms with E-state index in [-0.39, 0.29) is 11.8 Å². The van der Waals surface area contributed by atoms with Gasteiger partial charge >= 0.3 is 5.97 Å². The molecule has 2 rings (SSSR count). The van der Waals surface area contributed by atoms with E-state index < -0.39 is 11.9 Å². The van der Waals surface area contributed by atoms with Crippen LogP contribution in [0.1, 0.15) is 26.2 Å². The Morgan fingerprint density at radius 3 is 2.67 bits per heavy atom. The van der Waals surface area contributed by atoms with Gasteiger partial charge in [0.2, 0.25) is 5.91 Å². The zero-order valence-electron chi connectivity index (χ0n) is 10.7. The van der Waals surface area contributed by atoms with Crippen LogP contribution >= 0.6 is 11.8 Å². The van der Waals surface area contributed by atoms with E-state index in [0.717, 1.165) is 12.2 Å². The molecule has 2 unspecified atom stereocenters. The molecule has 0 aromatic rings. The molecule has 18 heavy (non-hydrogen) atoms. The number of carboxylic acid groups (broad SMARTS) is 1. The van der Waals surface area contributed by atoms with Crippen molar-refractivity contribution in [2.75, 3.05) is 18.1 Å². The van der Waals surface area contributed by atoms with Gasteiger partial charge in [0, 0.05) is 6.54 Å². The topological polar surface area (TPSA) is 66.4 Å². The Kier molecular flexibility index (Phi) is 4.54. The molecule has 1 saturated carbocycles. The van der Waals surface area contributed by atoms with Crippen LogP contribution in [0.2, 0.25) is 0 Å². The molecule has 5 heteroatoms. The van der Waals surface area contributed by atoms with Crippen molar-refractivity contribution in [3.63, 3.8) is 0 Å². The van der Waals surface area contributed by atoms with Crippen LogP contribution in [-0.2, 0) is 9.59 Å². The van der Waals surface area contributed by atoms with Gasteiger partial charge in [-0.25, -0.2) is 0 Å². The molecule has 4 nitrogen and oxygen atoms in total. The smallest absolute Gasteiger partial charge is 0.307 e. The van der Waals surface area contributed by atoms with E-state index in [0.29, 0.717) is 31.2 Å². The van der Waals surface area contributed by atoms with Crippen LogP contribution < -0.4 is 5.32 Å². The van der Waals surface area contributed by atoms with Crippen molar-refractivity contribution in [1.29, 1.82) is 0 Å². The zero-order valence-corrected chi connectivity index (χ0v) is 11.5. The number of thioether (sulfide) groups is 1. The summed E-state index contributed by atoms with van der Waals surface area (Å²) in [5.74, 6) is 1.51. The Bertz CT molecular complexity index is 328. The third-order valence-electron chi connectivity index (χ3n) is 4.04. The number of carbonyl (C=O) groups excluding carboxylic acids is 1. The first-order valence-electron chi connectivity index (χ1n) is 6.66. The predicted octanol–water partition coefficient (Wildman–Crippen LogP) is 1.60. The molecule has 0 spiro atoms. The minimum atomic E-state index is -0.823. The second-order valence-corrected chi connectivity index (χ2v) is 6.75. The molecule has 1 amide bonds. The summed E-state index contributed by atoms with van der Waals surface area (Å²) in [4.78, 5) is 23.2. The summed E-state index contributed by atoms with van der Waals surface area (Å²) in [5.41, 5.74) is 0. The number of aliphatic carboxylic acids is 1. The average molecular weight is 271 g/mol. The number of rotatable bonds is 4. The minimum Gasteiger partial charge on any atom is -0.481 e. The highest BCUT2D eigenvalue weighted by Crippen LogP contribution is 2.36. The molecule has 102 valence electrons. The lowest BCUT2D eigenvalue weighted by molar-refractivity contribution is -0.146. The molecule has 2 fully saturated rings. The van der Waals surface area contributed by atoms with Crippen LogP contribution in [0.3, 0.4) is 0 Å². The second kappa shape index (κ2) is 5.95. The van der Waals surface area contributed by atoms with Gasteiger partial charge in [-0.3, -0.25) is 9.59 Å². The van der Waals surface area contributed by atoms with Crippen LogP contribution in [0.5, 0.6) is 0 Å². The summed E-state index contributed by atoms with van der Waals surface area (Å²) in [6.07, 6.45) is 2.50. The number of hydrogen-bond donors (Lipinski definition) is 2. The summed E-state index contributed by atoms with van der Waals surface area (Å²) >= 11 is 1.93. The Balaban J connectivity index is 1.85. The summed E-state index contributed by atoms with van der Waals surface area (Å²) in [5, 5.41) is 12.1. The van der Waals surface area contributed by atoms with Gasteiger partial charge in [-0.15, -0.1) is 0 Å². The van der Waals surface area contributed by atoms with Gasteiger partial charge in [0.1, 0.15) is 0 Å². The van der Waals surface area contributed by atoms with E-state index in [9.17, 15) is 9.59 Å². The van der Waals surface area contributed by atoms with Gasteiger partial charge in [0.05, 0.1) is 11.8 Å². The quantitative estimate of drug-likeness (QED) is 0.815. The fourth-order valence-electron chi connectivity index (χ4n) is 2.97. The third-order valence-corrected chi connectivity index (χ3v) is 5.27. The fourth-order valence-corrected chi connectivity index (χ4v) is 4.26. The standard InChI is InChI=1S/C13H21NO3S/c1-8-4-10(11(5-8)13(16)17)12(15)14-6-9-2-3-18-7-9/h8-11H,2-7H2,1H3,(H,14,15)(H,16,17)/t8?,9?,10-,11+/m0/s1. The van der Waals surface area contributed by atoms with Crippen LogP contribution in [-0.4, -0.2) is 35.0 Å². The van der Waals surface area contributed by atoms with Crippen molar-refractivity contribution in [3.05, 3.63) is 0 Å². The van der Waals surface area contributed by atoms with Crippen molar-refractivity contribution in [2.24, 2.45) is 23.7 Å². The van der Waals surface area contributed by atoms with Crippen molar-refractivity contribution < 1.29 is 14.7 Å². The average Bonchev–Trinajstić information content (AvgIpc) is 2.94. The molecule has 1 saturated heterocycles. The molecular formula is C13H21NO3S. The number of hydrogen-bond acceptors (Lipinski definition) is 3. The molecule has 1 aliphatic carbocycles. The molecule has 0 bridgehead atoms. The fraction of sp³-hybridized carbons (Fsp3) is 0.846. The van der Waals surface area contributed by atoms with Crippen LogP contribution in [0.4, 0.5) is 0 Å². The highest BCUT2D eigenvalue weighted by molar-refractivity contribution is 7.99. The highest BCUT2D eigenvalue weighted by atomic mass is 32.2. The lowest BCUT2D eigenvalue weighted by atomic mass is 9.95. The van der Waals surface area contributed by atoms with Gasteiger partial charge in [0.25, 0.3) is 0 Å². The first-order chi connectivity index (χ1) is 8.58. The predicted molar refractivity (Wildman–Crippen MR) is 71.5 cm³/mol. The van der Waals surface area contributed by atoms with E-state index in [1.54, 1.807) is 0 Å².